The zero-order valence-electron chi connectivity index (χ0n) is 33.7. The molecule has 0 fully saturated rings. The summed E-state index contributed by atoms with van der Waals surface area (Å²) in [5.74, 6) is -0.0348. The van der Waals surface area contributed by atoms with Crippen LogP contribution < -0.4 is 5.32 Å². The second-order valence-electron chi connectivity index (χ2n) is 15.8. The molecule has 0 aliphatic heterocycles. The van der Waals surface area contributed by atoms with E-state index in [4.69, 9.17) is 0 Å². The topological polar surface area (TPSA) is 69.6 Å². The highest BCUT2D eigenvalue weighted by Crippen LogP contribution is 2.17. The second kappa shape index (κ2) is 41.8. The minimum Gasteiger partial charge on any atom is -0.394 e. The Hall–Kier alpha value is -0.610. The van der Waals surface area contributed by atoms with Gasteiger partial charge in [-0.25, -0.2) is 0 Å². The minimum absolute atomic E-state index is 0.0348. The molecule has 2 unspecified atom stereocenters. The molecule has 0 saturated carbocycles. The van der Waals surface area contributed by atoms with Gasteiger partial charge in [0, 0.05) is 6.42 Å². The van der Waals surface area contributed by atoms with Gasteiger partial charge in [0.1, 0.15) is 0 Å². The van der Waals surface area contributed by atoms with Gasteiger partial charge in [-0.1, -0.05) is 245 Å². The Bertz CT molecular complexity index is 626. The molecule has 0 aliphatic carbocycles. The second-order valence-corrected chi connectivity index (χ2v) is 15.8. The van der Waals surface area contributed by atoms with Gasteiger partial charge in [-0.15, -0.1) is 0 Å². The number of carbonyl (C=O) groups excluding carboxylic acids is 1. The minimum atomic E-state index is -0.651. The molecule has 0 spiro atoms. The van der Waals surface area contributed by atoms with Crippen LogP contribution >= 0.6 is 0 Å². The number of hydrogen-bond acceptors (Lipinski definition) is 3. The third kappa shape index (κ3) is 38.5. The van der Waals surface area contributed by atoms with Crippen LogP contribution in [-0.2, 0) is 4.79 Å². The average molecular weight is 694 g/mol. The molecule has 0 saturated heterocycles. The van der Waals surface area contributed by atoms with E-state index in [0.29, 0.717) is 12.8 Å². The Morgan fingerprint density at radius 3 is 0.918 bits per heavy atom. The summed E-state index contributed by atoms with van der Waals surface area (Å²) in [6, 6.07) is -0.527. The van der Waals surface area contributed by atoms with Crippen molar-refractivity contribution in [2.75, 3.05) is 6.61 Å². The van der Waals surface area contributed by atoms with Crippen molar-refractivity contribution in [3.8, 4) is 0 Å². The highest BCUT2D eigenvalue weighted by atomic mass is 16.3. The van der Waals surface area contributed by atoms with Crippen molar-refractivity contribution < 1.29 is 15.0 Å². The van der Waals surface area contributed by atoms with Gasteiger partial charge in [0.15, 0.2) is 0 Å². The molecule has 0 aromatic carbocycles. The lowest BCUT2D eigenvalue weighted by atomic mass is 10.0. The standard InChI is InChI=1S/C45H91NO3/c1-3-5-7-9-11-12-13-14-15-16-17-18-19-20-21-22-23-24-25-26-27-28-29-30-31-32-33-35-36-38-40-44(48)43(42-47)46-45(49)41-39-37-34-10-8-6-4-2/h43-44,47-48H,3-42H2,1-2H3,(H,46,49). The zero-order chi connectivity index (χ0) is 35.7. The van der Waals surface area contributed by atoms with Gasteiger partial charge in [-0.3, -0.25) is 4.79 Å². The van der Waals surface area contributed by atoms with Crippen LogP contribution in [0.25, 0.3) is 0 Å². The van der Waals surface area contributed by atoms with Crippen LogP contribution in [0.2, 0.25) is 0 Å². The SMILES string of the molecule is CCCCCCCCCCCCCCCCCCCCCCCCCCCCCCCCC(O)C(CO)NC(=O)CCCCCCCCC. The van der Waals surface area contributed by atoms with Crippen molar-refractivity contribution in [3.05, 3.63) is 0 Å². The number of aliphatic hydroxyl groups is 2. The van der Waals surface area contributed by atoms with Gasteiger partial charge in [-0.05, 0) is 12.8 Å². The Morgan fingerprint density at radius 1 is 0.408 bits per heavy atom. The Kier molecular flexibility index (Phi) is 41.3. The van der Waals surface area contributed by atoms with Crippen molar-refractivity contribution in [2.45, 2.75) is 276 Å². The van der Waals surface area contributed by atoms with E-state index >= 15 is 0 Å². The number of aliphatic hydroxyl groups excluding tert-OH is 2. The molecule has 0 aromatic heterocycles. The van der Waals surface area contributed by atoms with Crippen molar-refractivity contribution in [1.29, 1.82) is 0 Å². The van der Waals surface area contributed by atoms with E-state index in [1.54, 1.807) is 0 Å². The largest absolute Gasteiger partial charge is 0.394 e. The monoisotopic (exact) mass is 694 g/mol. The number of hydrogen-bond donors (Lipinski definition) is 3. The van der Waals surface area contributed by atoms with E-state index in [2.05, 4.69) is 19.2 Å². The fourth-order valence-corrected chi connectivity index (χ4v) is 7.36. The summed E-state index contributed by atoms with van der Waals surface area (Å²) in [7, 11) is 0. The summed E-state index contributed by atoms with van der Waals surface area (Å²) < 4.78 is 0. The molecule has 3 N–H and O–H groups in total. The summed E-state index contributed by atoms with van der Waals surface area (Å²) in [6.07, 6.45) is 50.8. The van der Waals surface area contributed by atoms with Crippen LogP contribution in [-0.4, -0.2) is 34.9 Å². The van der Waals surface area contributed by atoms with Crippen LogP contribution in [0.5, 0.6) is 0 Å². The maximum atomic E-state index is 12.2. The maximum absolute atomic E-state index is 12.2. The fourth-order valence-electron chi connectivity index (χ4n) is 7.36. The van der Waals surface area contributed by atoms with Gasteiger partial charge in [0.2, 0.25) is 5.91 Å². The number of amides is 1. The molecule has 1 amide bonds. The predicted molar refractivity (Wildman–Crippen MR) is 216 cm³/mol. The van der Waals surface area contributed by atoms with Gasteiger partial charge in [0.05, 0.1) is 18.8 Å². The molecule has 4 nitrogen and oxygen atoms in total. The number of carbonyl (C=O) groups is 1. The summed E-state index contributed by atoms with van der Waals surface area (Å²) in [4.78, 5) is 12.2. The van der Waals surface area contributed by atoms with Crippen molar-refractivity contribution in [1.82, 2.24) is 5.32 Å². The lowest BCUT2D eigenvalue weighted by Gasteiger charge is -2.22. The first-order valence-electron chi connectivity index (χ1n) is 22.7. The molecule has 0 rings (SSSR count). The molecular weight excluding hydrogens is 602 g/mol. The third-order valence-electron chi connectivity index (χ3n) is 10.9. The average Bonchev–Trinajstić information content (AvgIpc) is 3.10. The van der Waals surface area contributed by atoms with E-state index in [1.807, 2.05) is 0 Å². The van der Waals surface area contributed by atoms with Crippen LogP contribution in [0.4, 0.5) is 0 Å². The molecular formula is C45H91NO3. The maximum Gasteiger partial charge on any atom is 0.220 e. The molecule has 2 atom stereocenters. The fraction of sp³-hybridized carbons (Fsp3) is 0.978. The normalized spacial score (nSPS) is 12.8. The van der Waals surface area contributed by atoms with E-state index in [-0.39, 0.29) is 12.5 Å². The van der Waals surface area contributed by atoms with Gasteiger partial charge < -0.3 is 15.5 Å². The first kappa shape index (κ1) is 48.4. The van der Waals surface area contributed by atoms with Crippen molar-refractivity contribution >= 4 is 5.91 Å². The van der Waals surface area contributed by atoms with Gasteiger partial charge >= 0.3 is 0 Å². The zero-order valence-corrected chi connectivity index (χ0v) is 33.7. The lowest BCUT2D eigenvalue weighted by molar-refractivity contribution is -0.123. The highest BCUT2D eigenvalue weighted by molar-refractivity contribution is 5.76. The molecule has 4 heteroatoms. The molecule has 0 radical (unpaired) electrons. The summed E-state index contributed by atoms with van der Waals surface area (Å²) >= 11 is 0. The molecule has 0 aromatic rings. The Morgan fingerprint density at radius 2 is 0.653 bits per heavy atom. The number of rotatable bonds is 42. The summed E-state index contributed by atoms with van der Waals surface area (Å²) in [5.41, 5.74) is 0. The van der Waals surface area contributed by atoms with Crippen LogP contribution in [0.15, 0.2) is 0 Å². The number of nitrogens with one attached hydrogen (secondary N) is 1. The van der Waals surface area contributed by atoms with Crippen LogP contribution in [0.3, 0.4) is 0 Å². The smallest absolute Gasteiger partial charge is 0.220 e. The lowest BCUT2D eigenvalue weighted by Crippen LogP contribution is -2.45. The first-order valence-corrected chi connectivity index (χ1v) is 22.7. The van der Waals surface area contributed by atoms with Gasteiger partial charge in [-0.2, -0.15) is 0 Å². The highest BCUT2D eigenvalue weighted by Gasteiger charge is 2.20. The van der Waals surface area contributed by atoms with Crippen LogP contribution in [0.1, 0.15) is 264 Å². The number of unbranched alkanes of at least 4 members (excludes halogenated alkanes) is 35. The molecule has 294 valence electrons. The summed E-state index contributed by atoms with van der Waals surface area (Å²) in [5, 5.41) is 23.0. The van der Waals surface area contributed by atoms with Crippen molar-refractivity contribution in [2.24, 2.45) is 0 Å². The van der Waals surface area contributed by atoms with Crippen molar-refractivity contribution in [3.63, 3.8) is 0 Å². The Labute approximate surface area is 308 Å². The van der Waals surface area contributed by atoms with E-state index in [0.717, 1.165) is 25.7 Å². The molecule has 0 aliphatic rings. The molecule has 0 bridgehead atoms. The van der Waals surface area contributed by atoms with Gasteiger partial charge in [0.25, 0.3) is 0 Å². The third-order valence-corrected chi connectivity index (χ3v) is 10.9. The molecule has 49 heavy (non-hydrogen) atoms. The Balaban J connectivity index is 3.32. The van der Waals surface area contributed by atoms with E-state index < -0.39 is 12.1 Å². The quantitative estimate of drug-likeness (QED) is 0.0557. The summed E-state index contributed by atoms with van der Waals surface area (Å²) in [6.45, 7) is 4.33. The predicted octanol–water partition coefficient (Wildman–Crippen LogP) is 14.1. The first-order chi connectivity index (χ1) is 24.2. The van der Waals surface area contributed by atoms with Crippen LogP contribution in [0, 0.1) is 0 Å². The molecule has 0 heterocycles. The van der Waals surface area contributed by atoms with E-state index in [9.17, 15) is 15.0 Å². The van der Waals surface area contributed by atoms with E-state index in [1.165, 1.54) is 212 Å².